The van der Waals surface area contributed by atoms with Crippen LogP contribution in [0.2, 0.25) is 0 Å². The van der Waals surface area contributed by atoms with Crippen LogP contribution in [0.4, 0.5) is 0 Å². The van der Waals surface area contributed by atoms with Crippen LogP contribution in [0.15, 0.2) is 47.4 Å². The van der Waals surface area contributed by atoms with E-state index in [2.05, 4.69) is 41.5 Å². The Morgan fingerprint density at radius 1 is 1.14 bits per heavy atom. The lowest BCUT2D eigenvalue weighted by atomic mass is 10.3. The average molecular weight is 302 g/mol. The van der Waals surface area contributed by atoms with Gasteiger partial charge in [0.25, 0.3) is 0 Å². The molecule has 0 saturated heterocycles. The molecule has 0 atom stereocenters. The van der Waals surface area contributed by atoms with Crippen molar-refractivity contribution in [3.05, 3.63) is 53.9 Å². The van der Waals surface area contributed by atoms with Gasteiger partial charge >= 0.3 is 0 Å². The molecule has 0 amide bonds. The highest BCUT2D eigenvalue weighted by molar-refractivity contribution is 7.99. The van der Waals surface area contributed by atoms with Gasteiger partial charge in [0.15, 0.2) is 0 Å². The zero-order valence-corrected chi connectivity index (χ0v) is 13.5. The van der Waals surface area contributed by atoms with Crippen molar-refractivity contribution in [2.45, 2.75) is 25.3 Å². The highest BCUT2D eigenvalue weighted by atomic mass is 32.2. The van der Waals surface area contributed by atoms with Gasteiger partial charge < -0.3 is 10.1 Å². The van der Waals surface area contributed by atoms with Crippen LogP contribution in [0.25, 0.3) is 0 Å². The highest BCUT2D eigenvalue weighted by Crippen LogP contribution is 2.19. The Labute approximate surface area is 131 Å². The summed E-state index contributed by atoms with van der Waals surface area (Å²) < 4.78 is 5.89. The van der Waals surface area contributed by atoms with Crippen molar-refractivity contribution in [3.8, 4) is 5.75 Å². The lowest BCUT2D eigenvalue weighted by molar-refractivity contribution is 0.337. The average Bonchev–Trinajstić information content (AvgIpc) is 2.52. The summed E-state index contributed by atoms with van der Waals surface area (Å²) in [4.78, 5) is 5.83. The molecule has 4 heteroatoms. The van der Waals surface area contributed by atoms with Crippen molar-refractivity contribution in [2.75, 3.05) is 18.9 Å². The van der Waals surface area contributed by atoms with Crippen LogP contribution < -0.4 is 10.1 Å². The van der Waals surface area contributed by atoms with Crippen LogP contribution >= 0.6 is 11.8 Å². The molecule has 112 valence electrons. The number of aryl methyl sites for hydroxylation is 1. The Morgan fingerprint density at radius 3 is 2.71 bits per heavy atom. The maximum atomic E-state index is 5.89. The second kappa shape index (κ2) is 8.70. The van der Waals surface area contributed by atoms with Crippen LogP contribution in [-0.2, 0) is 6.54 Å². The summed E-state index contributed by atoms with van der Waals surface area (Å²) in [5.74, 6) is 1.81. The number of thioether (sulfide) groups is 1. The lowest BCUT2D eigenvalue weighted by Crippen LogP contribution is -2.15. The van der Waals surface area contributed by atoms with E-state index in [9.17, 15) is 0 Å². The number of rotatable bonds is 8. The smallest absolute Gasteiger partial charge is 0.142 e. The number of pyridine rings is 1. The molecule has 0 spiro atoms. The Kier molecular flexibility index (Phi) is 6.57. The van der Waals surface area contributed by atoms with Crippen LogP contribution in [0, 0.1) is 6.92 Å². The molecule has 0 aliphatic heterocycles. The summed E-state index contributed by atoms with van der Waals surface area (Å²) in [5, 5.41) is 3.30. The molecule has 1 aromatic heterocycles. The topological polar surface area (TPSA) is 34.2 Å². The van der Waals surface area contributed by atoms with Gasteiger partial charge in [-0.25, -0.2) is 0 Å². The molecule has 0 bridgehead atoms. The van der Waals surface area contributed by atoms with Gasteiger partial charge in [-0.3, -0.25) is 4.98 Å². The Bertz CT molecular complexity index is 546. The molecule has 1 heterocycles. The van der Waals surface area contributed by atoms with E-state index in [1.807, 2.05) is 25.1 Å². The van der Waals surface area contributed by atoms with Gasteiger partial charge in [0.05, 0.1) is 12.3 Å². The first kappa shape index (κ1) is 15.9. The van der Waals surface area contributed by atoms with Crippen molar-refractivity contribution < 1.29 is 4.74 Å². The molecule has 21 heavy (non-hydrogen) atoms. The van der Waals surface area contributed by atoms with Crippen molar-refractivity contribution in [3.63, 3.8) is 0 Å². The van der Waals surface area contributed by atoms with Gasteiger partial charge in [0, 0.05) is 22.9 Å². The Balaban J connectivity index is 1.84. The molecule has 0 aliphatic carbocycles. The number of ether oxygens (including phenoxy) is 1. The maximum absolute atomic E-state index is 5.89. The first-order valence-electron chi connectivity index (χ1n) is 7.27. The minimum absolute atomic E-state index is 0.684. The van der Waals surface area contributed by atoms with E-state index in [1.165, 1.54) is 4.90 Å². The summed E-state index contributed by atoms with van der Waals surface area (Å²) in [6, 6.07) is 14.4. The third kappa shape index (κ3) is 5.40. The number of benzene rings is 1. The number of nitrogens with zero attached hydrogens (tertiary/aromatic N) is 1. The normalized spacial score (nSPS) is 10.6. The van der Waals surface area contributed by atoms with Gasteiger partial charge in [-0.15, -0.1) is 11.8 Å². The maximum Gasteiger partial charge on any atom is 0.142 e. The van der Waals surface area contributed by atoms with Gasteiger partial charge in [-0.05, 0) is 37.7 Å². The fraction of sp³-hybridized carbons (Fsp3) is 0.353. The van der Waals surface area contributed by atoms with E-state index in [0.717, 1.165) is 36.0 Å². The quantitative estimate of drug-likeness (QED) is 0.596. The van der Waals surface area contributed by atoms with Crippen molar-refractivity contribution >= 4 is 11.8 Å². The minimum atomic E-state index is 0.684. The molecule has 1 aromatic carbocycles. The molecule has 3 nitrogen and oxygen atoms in total. The largest absolute Gasteiger partial charge is 0.491 e. The molecule has 0 aliphatic rings. The predicted octanol–water partition coefficient (Wildman–Crippen LogP) is 3.67. The molecule has 0 fully saturated rings. The number of hydrogen-bond acceptors (Lipinski definition) is 4. The summed E-state index contributed by atoms with van der Waals surface area (Å²) in [7, 11) is 0. The summed E-state index contributed by atoms with van der Waals surface area (Å²) in [6.45, 7) is 6.46. The highest BCUT2D eigenvalue weighted by Gasteiger charge is 2.05. The second-order valence-electron chi connectivity index (χ2n) is 4.69. The molecule has 1 N–H and O–H groups in total. The van der Waals surface area contributed by atoms with Crippen LogP contribution in [-0.4, -0.2) is 23.9 Å². The van der Waals surface area contributed by atoms with Gasteiger partial charge in [0.1, 0.15) is 5.75 Å². The minimum Gasteiger partial charge on any atom is -0.491 e. The van der Waals surface area contributed by atoms with E-state index in [4.69, 9.17) is 4.74 Å². The third-order valence-electron chi connectivity index (χ3n) is 2.97. The summed E-state index contributed by atoms with van der Waals surface area (Å²) >= 11 is 1.81. The first-order valence-corrected chi connectivity index (χ1v) is 8.26. The van der Waals surface area contributed by atoms with E-state index in [0.29, 0.717) is 6.61 Å². The number of nitrogens with one attached hydrogen (secondary N) is 1. The Hall–Kier alpha value is -1.52. The zero-order valence-electron chi connectivity index (χ0n) is 12.6. The molecular weight excluding hydrogens is 280 g/mol. The molecule has 2 rings (SSSR count). The summed E-state index contributed by atoms with van der Waals surface area (Å²) in [5.41, 5.74) is 2.01. The number of hydrogen-bond donors (Lipinski definition) is 1. The van der Waals surface area contributed by atoms with Crippen molar-refractivity contribution in [1.29, 1.82) is 0 Å². The van der Waals surface area contributed by atoms with Gasteiger partial charge in [-0.1, -0.05) is 25.1 Å². The predicted molar refractivity (Wildman–Crippen MR) is 89.0 cm³/mol. The second-order valence-corrected chi connectivity index (χ2v) is 5.86. The van der Waals surface area contributed by atoms with Crippen molar-refractivity contribution in [2.24, 2.45) is 0 Å². The van der Waals surface area contributed by atoms with E-state index in [1.54, 1.807) is 11.8 Å². The molecule has 2 aromatic rings. The SMILES string of the molecule is CCNCc1nc(C)ccc1OCCSc1ccccc1. The summed E-state index contributed by atoms with van der Waals surface area (Å²) in [6.07, 6.45) is 0. The number of aromatic nitrogens is 1. The fourth-order valence-electron chi connectivity index (χ4n) is 1.93. The third-order valence-corrected chi connectivity index (χ3v) is 3.94. The van der Waals surface area contributed by atoms with Gasteiger partial charge in [0.2, 0.25) is 0 Å². The monoisotopic (exact) mass is 302 g/mol. The zero-order chi connectivity index (χ0) is 14.9. The van der Waals surface area contributed by atoms with E-state index < -0.39 is 0 Å². The van der Waals surface area contributed by atoms with Gasteiger partial charge in [-0.2, -0.15) is 0 Å². The van der Waals surface area contributed by atoms with Crippen LogP contribution in [0.1, 0.15) is 18.3 Å². The van der Waals surface area contributed by atoms with Crippen LogP contribution in [0.3, 0.4) is 0 Å². The fourth-order valence-corrected chi connectivity index (χ4v) is 2.68. The van der Waals surface area contributed by atoms with Crippen LogP contribution in [0.5, 0.6) is 5.75 Å². The Morgan fingerprint density at radius 2 is 1.95 bits per heavy atom. The van der Waals surface area contributed by atoms with E-state index in [-0.39, 0.29) is 0 Å². The van der Waals surface area contributed by atoms with E-state index >= 15 is 0 Å². The molecule has 0 saturated carbocycles. The standard InChI is InChI=1S/C17H22N2OS/c1-3-18-13-16-17(10-9-14(2)19-16)20-11-12-21-15-7-5-4-6-8-15/h4-10,18H,3,11-13H2,1-2H3. The first-order chi connectivity index (χ1) is 10.3. The molecule has 0 radical (unpaired) electrons. The van der Waals surface area contributed by atoms with Crippen molar-refractivity contribution in [1.82, 2.24) is 10.3 Å². The molecular formula is C17H22N2OS. The molecule has 0 unspecified atom stereocenters. The lowest BCUT2D eigenvalue weighted by Gasteiger charge is -2.11.